The second kappa shape index (κ2) is 9.48. The maximum Gasteiger partial charge on any atom is 0.239 e. The molecule has 1 aromatic heterocycles. The highest BCUT2D eigenvalue weighted by molar-refractivity contribution is 6.08. The van der Waals surface area contributed by atoms with Crippen molar-refractivity contribution in [2.45, 2.75) is 13.0 Å². The Morgan fingerprint density at radius 3 is 2.48 bits per heavy atom. The van der Waals surface area contributed by atoms with E-state index in [1.54, 1.807) is 35.0 Å². The average Bonchev–Trinajstić information content (AvgIpc) is 3.14. The topological polar surface area (TPSA) is 57.6 Å². The van der Waals surface area contributed by atoms with Crippen LogP contribution in [0.3, 0.4) is 0 Å². The zero-order valence-electron chi connectivity index (χ0n) is 15.9. The number of piperazine rings is 1. The third-order valence-corrected chi connectivity index (χ3v) is 4.98. The molecule has 0 unspecified atom stereocenters. The van der Waals surface area contributed by atoms with Gasteiger partial charge in [-0.2, -0.15) is 0 Å². The first-order valence-corrected chi connectivity index (χ1v) is 9.56. The standard InChI is InChI=1S/C21H28N4O2/c1-23-13-15-24(16-14-23)11-6-10-22-20(26)17-25-12-5-9-19(25)21(27)18-7-3-2-4-8-18/h2-5,7-9,12H,6,10-11,13-17H2,1H3,(H,22,26). The van der Waals surface area contributed by atoms with Crippen LogP contribution in [0.15, 0.2) is 48.7 Å². The van der Waals surface area contributed by atoms with Crippen LogP contribution in [0.2, 0.25) is 0 Å². The minimum Gasteiger partial charge on any atom is -0.355 e. The van der Waals surface area contributed by atoms with Crippen LogP contribution in [0.25, 0.3) is 0 Å². The first kappa shape index (κ1) is 19.3. The number of hydrogen-bond donors (Lipinski definition) is 1. The Labute approximate surface area is 160 Å². The summed E-state index contributed by atoms with van der Waals surface area (Å²) in [5.41, 5.74) is 1.17. The van der Waals surface area contributed by atoms with Crippen molar-refractivity contribution in [3.05, 3.63) is 59.9 Å². The van der Waals surface area contributed by atoms with E-state index < -0.39 is 0 Å². The number of ketones is 1. The van der Waals surface area contributed by atoms with Crippen molar-refractivity contribution in [1.29, 1.82) is 0 Å². The highest BCUT2D eigenvalue weighted by Gasteiger charge is 2.15. The summed E-state index contributed by atoms with van der Waals surface area (Å²) in [5, 5.41) is 2.97. The predicted molar refractivity (Wildman–Crippen MR) is 106 cm³/mol. The molecule has 144 valence electrons. The number of nitrogens with zero attached hydrogens (tertiary/aromatic N) is 3. The zero-order valence-corrected chi connectivity index (χ0v) is 15.9. The van der Waals surface area contributed by atoms with E-state index in [2.05, 4.69) is 22.2 Å². The highest BCUT2D eigenvalue weighted by atomic mass is 16.2. The molecular weight excluding hydrogens is 340 g/mol. The van der Waals surface area contributed by atoms with E-state index in [0.717, 1.165) is 39.1 Å². The molecule has 6 heteroatoms. The van der Waals surface area contributed by atoms with Crippen molar-refractivity contribution in [2.75, 3.05) is 46.3 Å². The van der Waals surface area contributed by atoms with Crippen molar-refractivity contribution in [1.82, 2.24) is 19.7 Å². The lowest BCUT2D eigenvalue weighted by Crippen LogP contribution is -2.45. The van der Waals surface area contributed by atoms with Crippen molar-refractivity contribution >= 4 is 11.7 Å². The molecule has 1 aromatic carbocycles. The molecule has 1 aliphatic rings. The summed E-state index contributed by atoms with van der Waals surface area (Å²) in [7, 11) is 2.15. The summed E-state index contributed by atoms with van der Waals surface area (Å²) in [6.45, 7) is 6.24. The number of aromatic nitrogens is 1. The maximum absolute atomic E-state index is 12.6. The van der Waals surface area contributed by atoms with Gasteiger partial charge in [0.2, 0.25) is 11.7 Å². The van der Waals surface area contributed by atoms with Crippen LogP contribution in [-0.4, -0.2) is 72.4 Å². The fourth-order valence-corrected chi connectivity index (χ4v) is 3.31. The fourth-order valence-electron chi connectivity index (χ4n) is 3.31. The summed E-state index contributed by atoms with van der Waals surface area (Å²) in [4.78, 5) is 29.6. The number of benzene rings is 1. The Bertz CT molecular complexity index is 749. The van der Waals surface area contributed by atoms with Gasteiger partial charge in [-0.25, -0.2) is 0 Å². The Hall–Kier alpha value is -2.44. The molecule has 0 spiro atoms. The molecule has 0 atom stereocenters. The second-order valence-corrected chi connectivity index (χ2v) is 7.06. The van der Waals surface area contributed by atoms with Gasteiger partial charge in [-0.3, -0.25) is 9.59 Å². The molecule has 0 bridgehead atoms. The Morgan fingerprint density at radius 2 is 1.74 bits per heavy atom. The molecule has 1 saturated heterocycles. The quantitative estimate of drug-likeness (QED) is 0.566. The van der Waals surface area contributed by atoms with Crippen LogP contribution in [0.5, 0.6) is 0 Å². The van der Waals surface area contributed by atoms with E-state index in [9.17, 15) is 9.59 Å². The third kappa shape index (κ3) is 5.52. The van der Waals surface area contributed by atoms with Crippen molar-refractivity contribution in [3.63, 3.8) is 0 Å². The van der Waals surface area contributed by atoms with E-state index in [0.29, 0.717) is 17.8 Å². The van der Waals surface area contributed by atoms with E-state index in [1.165, 1.54) is 0 Å². The molecule has 6 nitrogen and oxygen atoms in total. The number of carbonyl (C=O) groups excluding carboxylic acids is 2. The minimum atomic E-state index is -0.0662. The average molecular weight is 368 g/mol. The summed E-state index contributed by atoms with van der Waals surface area (Å²) in [6.07, 6.45) is 2.72. The molecule has 2 aromatic rings. The van der Waals surface area contributed by atoms with Gasteiger partial charge in [-0.05, 0) is 32.1 Å². The van der Waals surface area contributed by atoms with Gasteiger partial charge in [0.05, 0.1) is 5.69 Å². The first-order chi connectivity index (χ1) is 13.1. The van der Waals surface area contributed by atoms with E-state index in [4.69, 9.17) is 0 Å². The lowest BCUT2D eigenvalue weighted by atomic mass is 10.1. The smallest absolute Gasteiger partial charge is 0.239 e. The van der Waals surface area contributed by atoms with E-state index in [-0.39, 0.29) is 18.2 Å². The number of amides is 1. The summed E-state index contributed by atoms with van der Waals surface area (Å²) in [5.74, 6) is -0.129. The van der Waals surface area contributed by atoms with Gasteiger partial charge in [0, 0.05) is 44.5 Å². The highest BCUT2D eigenvalue weighted by Crippen LogP contribution is 2.10. The summed E-state index contributed by atoms with van der Waals surface area (Å²) >= 11 is 0. The zero-order chi connectivity index (χ0) is 19.1. The SMILES string of the molecule is CN1CCN(CCCNC(=O)Cn2cccc2C(=O)c2ccccc2)CC1. The molecule has 27 heavy (non-hydrogen) atoms. The molecule has 0 saturated carbocycles. The monoisotopic (exact) mass is 368 g/mol. The van der Waals surface area contributed by atoms with Crippen molar-refractivity contribution in [3.8, 4) is 0 Å². The third-order valence-electron chi connectivity index (χ3n) is 4.98. The van der Waals surface area contributed by atoms with Crippen LogP contribution in [0.1, 0.15) is 22.5 Å². The number of likely N-dealkylation sites (N-methyl/N-ethyl adjacent to an activating group) is 1. The molecule has 0 radical (unpaired) electrons. The molecule has 3 rings (SSSR count). The van der Waals surface area contributed by atoms with E-state index >= 15 is 0 Å². The van der Waals surface area contributed by atoms with Crippen LogP contribution in [0, 0.1) is 0 Å². The molecule has 1 fully saturated rings. The number of carbonyl (C=O) groups is 2. The number of nitrogens with one attached hydrogen (secondary N) is 1. The molecule has 1 amide bonds. The molecule has 0 aliphatic carbocycles. The van der Waals surface area contributed by atoms with Crippen LogP contribution < -0.4 is 5.32 Å². The van der Waals surface area contributed by atoms with Crippen molar-refractivity contribution < 1.29 is 9.59 Å². The van der Waals surface area contributed by atoms with Gasteiger partial charge in [0.25, 0.3) is 0 Å². The minimum absolute atomic E-state index is 0.0633. The number of hydrogen-bond acceptors (Lipinski definition) is 4. The number of rotatable bonds is 8. The van der Waals surface area contributed by atoms with Crippen molar-refractivity contribution in [2.24, 2.45) is 0 Å². The summed E-state index contributed by atoms with van der Waals surface area (Å²) < 4.78 is 1.71. The van der Waals surface area contributed by atoms with E-state index in [1.807, 2.05) is 18.2 Å². The lowest BCUT2D eigenvalue weighted by Gasteiger charge is -2.32. The Balaban J connectivity index is 1.44. The van der Waals surface area contributed by atoms with Gasteiger partial charge in [0.15, 0.2) is 0 Å². The second-order valence-electron chi connectivity index (χ2n) is 7.06. The van der Waals surface area contributed by atoms with Gasteiger partial charge >= 0.3 is 0 Å². The van der Waals surface area contributed by atoms with Gasteiger partial charge in [-0.1, -0.05) is 30.3 Å². The first-order valence-electron chi connectivity index (χ1n) is 9.56. The molecule has 1 aliphatic heterocycles. The van der Waals surface area contributed by atoms with Gasteiger partial charge in [-0.15, -0.1) is 0 Å². The molecule has 2 heterocycles. The van der Waals surface area contributed by atoms with Crippen LogP contribution >= 0.6 is 0 Å². The predicted octanol–water partition coefficient (Wildman–Crippen LogP) is 1.47. The molecule has 1 N–H and O–H groups in total. The normalized spacial score (nSPS) is 15.6. The Morgan fingerprint density at radius 1 is 1.00 bits per heavy atom. The van der Waals surface area contributed by atoms with Crippen LogP contribution in [0.4, 0.5) is 0 Å². The maximum atomic E-state index is 12.6. The largest absolute Gasteiger partial charge is 0.355 e. The van der Waals surface area contributed by atoms with Gasteiger partial charge < -0.3 is 19.7 Å². The summed E-state index contributed by atoms with van der Waals surface area (Å²) in [6, 6.07) is 12.7. The molecular formula is C21H28N4O2. The Kier molecular flexibility index (Phi) is 6.79. The van der Waals surface area contributed by atoms with Crippen LogP contribution in [-0.2, 0) is 11.3 Å². The van der Waals surface area contributed by atoms with Gasteiger partial charge in [0.1, 0.15) is 6.54 Å². The lowest BCUT2D eigenvalue weighted by molar-refractivity contribution is -0.121. The fraction of sp³-hybridized carbons (Fsp3) is 0.429.